The van der Waals surface area contributed by atoms with Gasteiger partial charge in [0, 0.05) is 0 Å². The first-order valence-corrected chi connectivity index (χ1v) is 3.85. The maximum Gasteiger partial charge on any atom is 2.00 e. The Hall–Kier alpha value is -0.454. The Bertz CT molecular complexity index is 280. The van der Waals surface area contributed by atoms with Crippen LogP contribution in [0.3, 0.4) is 0 Å². The quantitative estimate of drug-likeness (QED) is 0.477. The number of benzene rings is 1. The van der Waals surface area contributed by atoms with E-state index in [1.54, 1.807) is 33.5 Å². The van der Waals surface area contributed by atoms with Crippen LogP contribution in [-0.4, -0.2) is 44.4 Å². The van der Waals surface area contributed by atoms with Crippen molar-refractivity contribution >= 4 is 23.1 Å². The van der Waals surface area contributed by atoms with Crippen molar-refractivity contribution in [3.05, 3.63) is 24.6 Å². The van der Waals surface area contributed by atoms with Crippen molar-refractivity contribution in [2.75, 3.05) is 21.3 Å². The maximum absolute atomic E-state index is 5.14. The smallest absolute Gasteiger partial charge is 1.00 e. The summed E-state index contributed by atoms with van der Waals surface area (Å²) in [5.41, 5.74) is 0.828. The number of rotatable bonds is 3. The number of methoxy groups -OCH3 is 3. The van der Waals surface area contributed by atoms with Crippen molar-refractivity contribution in [1.29, 1.82) is 0 Å². The van der Waals surface area contributed by atoms with E-state index in [9.17, 15) is 0 Å². The molecule has 0 spiro atoms. The second-order valence-electron chi connectivity index (χ2n) is 2.53. The molecule has 0 saturated carbocycles. The summed E-state index contributed by atoms with van der Waals surface area (Å²) < 4.78 is 15.4. The Morgan fingerprint density at radius 1 is 0.933 bits per heavy atom. The van der Waals surface area contributed by atoms with Gasteiger partial charge in [-0.25, -0.2) is 0 Å². The van der Waals surface area contributed by atoms with Crippen LogP contribution in [-0.2, 0) is 0 Å². The first-order chi connectivity index (χ1) is 6.22. The van der Waals surface area contributed by atoms with E-state index < -0.39 is 0 Å². The number of hydrogen-bond acceptors (Lipinski definition) is 3. The molecule has 0 aliphatic rings. The monoisotopic (exact) mass is 240 g/mol. The second-order valence-corrected chi connectivity index (χ2v) is 2.53. The normalized spacial score (nSPS) is 8.20. The minimum absolute atomic E-state index is 0. The van der Waals surface area contributed by atoms with Gasteiger partial charge in [0.2, 0.25) is 0 Å². The molecule has 1 rings (SSSR count). The molecule has 0 N–H and O–H groups in total. The molecule has 0 amide bonds. The average Bonchev–Trinajstić information content (AvgIpc) is 2.16. The van der Waals surface area contributed by atoms with E-state index in [1.807, 2.05) is 0 Å². The van der Waals surface area contributed by atoms with E-state index in [1.165, 1.54) is 0 Å². The van der Waals surface area contributed by atoms with Crippen LogP contribution in [0, 0.1) is 6.92 Å². The van der Waals surface area contributed by atoms with Crippen LogP contribution >= 0.6 is 0 Å². The largest absolute Gasteiger partial charge is 2.00 e. The fourth-order valence-corrected chi connectivity index (χ4v) is 1.14. The fourth-order valence-electron chi connectivity index (χ4n) is 1.14. The summed E-state index contributed by atoms with van der Waals surface area (Å²) in [7, 11) is 4.73. The summed E-state index contributed by atoms with van der Waals surface area (Å²) in [5, 5.41) is 0. The molecule has 1 aromatic carbocycles. The number of hydrogen-bond donors (Lipinski definition) is 0. The maximum atomic E-state index is 5.14. The van der Waals surface area contributed by atoms with Gasteiger partial charge in [-0.1, -0.05) is 0 Å². The van der Waals surface area contributed by atoms with E-state index in [0.29, 0.717) is 17.2 Å². The summed E-state index contributed by atoms with van der Waals surface area (Å²) in [6.07, 6.45) is 0. The first kappa shape index (κ1) is 17.0. The van der Waals surface area contributed by atoms with Crippen molar-refractivity contribution in [1.82, 2.24) is 0 Å². The number of halogens is 1. The molecule has 0 aliphatic carbocycles. The number of ether oxygens (including phenoxy) is 3. The van der Waals surface area contributed by atoms with E-state index in [0.717, 1.165) is 5.56 Å². The Morgan fingerprint density at radius 2 is 1.33 bits per heavy atom. The summed E-state index contributed by atoms with van der Waals surface area (Å²) in [4.78, 5) is 0. The van der Waals surface area contributed by atoms with Crippen molar-refractivity contribution in [2.45, 2.75) is 0 Å². The molecule has 0 radical (unpaired) electrons. The minimum atomic E-state index is 0. The third kappa shape index (κ3) is 3.89. The Labute approximate surface area is 113 Å². The van der Waals surface area contributed by atoms with Gasteiger partial charge >= 0.3 is 23.1 Å². The molecule has 0 heterocycles. The molecule has 5 heteroatoms. The van der Waals surface area contributed by atoms with Crippen LogP contribution in [0.15, 0.2) is 12.1 Å². The van der Waals surface area contributed by atoms with Gasteiger partial charge in [-0.3, -0.25) is 0 Å². The second kappa shape index (κ2) is 7.79. The Balaban J connectivity index is 0. The third-order valence-corrected chi connectivity index (χ3v) is 1.72. The topological polar surface area (TPSA) is 27.7 Å². The standard InChI is InChI=1S/C10H13O3.ClH.Mg/c1-7-5-8(11-2)10(13-4)9(6-7)12-3;;/h5-6H,1H2,2-4H3;1H;/q-1;;+2/p-1. The molecule has 0 atom stereocenters. The molecule has 1 aromatic rings. The zero-order valence-corrected chi connectivity index (χ0v) is 11.3. The zero-order chi connectivity index (χ0) is 9.84. The predicted octanol–water partition coefficient (Wildman–Crippen LogP) is -1.48. The van der Waals surface area contributed by atoms with Crippen molar-refractivity contribution in [3.8, 4) is 17.2 Å². The molecule has 0 unspecified atom stereocenters. The van der Waals surface area contributed by atoms with E-state index in [4.69, 9.17) is 14.2 Å². The van der Waals surface area contributed by atoms with Crippen molar-refractivity contribution in [3.63, 3.8) is 0 Å². The van der Waals surface area contributed by atoms with E-state index in [2.05, 4.69) is 6.92 Å². The molecule has 0 bridgehead atoms. The SMILES string of the molecule is [CH2-]c1cc(OC)c(OC)c(OC)c1.[Cl-].[Mg+2]. The van der Waals surface area contributed by atoms with E-state index in [-0.39, 0.29) is 35.5 Å². The van der Waals surface area contributed by atoms with Crippen molar-refractivity contribution in [2.24, 2.45) is 0 Å². The summed E-state index contributed by atoms with van der Waals surface area (Å²) in [5.74, 6) is 1.86. The Morgan fingerprint density at radius 3 is 1.60 bits per heavy atom. The van der Waals surface area contributed by atoms with Crippen LogP contribution in [0.5, 0.6) is 17.2 Å². The van der Waals surface area contributed by atoms with Gasteiger partial charge in [0.15, 0.2) is 5.75 Å². The molecule has 0 aromatic heterocycles. The molecule has 0 fully saturated rings. The van der Waals surface area contributed by atoms with Crippen molar-refractivity contribution < 1.29 is 26.6 Å². The molecule has 3 nitrogen and oxygen atoms in total. The van der Waals surface area contributed by atoms with E-state index >= 15 is 0 Å². The van der Waals surface area contributed by atoms with Crippen LogP contribution in [0.1, 0.15) is 5.56 Å². The van der Waals surface area contributed by atoms with Gasteiger partial charge in [0.05, 0.1) is 21.3 Å². The van der Waals surface area contributed by atoms with Crippen LogP contribution in [0.25, 0.3) is 0 Å². The molecule has 80 valence electrons. The first-order valence-electron chi connectivity index (χ1n) is 3.85. The predicted molar refractivity (Wildman–Crippen MR) is 56.3 cm³/mol. The van der Waals surface area contributed by atoms with Crippen LogP contribution < -0.4 is 26.6 Å². The van der Waals surface area contributed by atoms with Gasteiger partial charge < -0.3 is 26.6 Å². The van der Waals surface area contributed by atoms with Gasteiger partial charge in [0.25, 0.3) is 0 Å². The molecular weight excluding hydrogens is 228 g/mol. The van der Waals surface area contributed by atoms with Crippen LogP contribution in [0.4, 0.5) is 0 Å². The molecule has 0 saturated heterocycles. The average molecular weight is 241 g/mol. The van der Waals surface area contributed by atoms with Gasteiger partial charge in [-0.15, -0.1) is 12.1 Å². The minimum Gasteiger partial charge on any atom is -1.00 e. The molecule has 0 aliphatic heterocycles. The van der Waals surface area contributed by atoms with Gasteiger partial charge in [-0.05, 0) is 0 Å². The summed E-state index contributed by atoms with van der Waals surface area (Å²) >= 11 is 0. The fraction of sp³-hybridized carbons (Fsp3) is 0.300. The Kier molecular flexibility index (Phi) is 8.80. The summed E-state index contributed by atoms with van der Waals surface area (Å²) in [6.45, 7) is 3.80. The van der Waals surface area contributed by atoms with Crippen LogP contribution in [0.2, 0.25) is 0 Å². The third-order valence-electron chi connectivity index (χ3n) is 1.72. The molecular formula is C10H13ClMgO3. The zero-order valence-electron chi connectivity index (χ0n) is 9.17. The molecule has 15 heavy (non-hydrogen) atoms. The van der Waals surface area contributed by atoms with Gasteiger partial charge in [-0.2, -0.15) is 12.5 Å². The summed E-state index contributed by atoms with van der Waals surface area (Å²) in [6, 6.07) is 3.59. The van der Waals surface area contributed by atoms with Gasteiger partial charge in [0.1, 0.15) is 11.5 Å².